The van der Waals surface area contributed by atoms with E-state index in [-0.39, 0.29) is 0 Å². The van der Waals surface area contributed by atoms with Crippen molar-refractivity contribution in [1.82, 2.24) is 0 Å². The lowest BCUT2D eigenvalue weighted by atomic mass is 10.2. The maximum Gasteiger partial charge on any atom is -0.0106 e. The molecule has 45 valence electrons. The van der Waals surface area contributed by atoms with Crippen LogP contribution in [-0.2, 0) is 0 Å². The van der Waals surface area contributed by atoms with Gasteiger partial charge in [0, 0.05) is 0 Å². The summed E-state index contributed by atoms with van der Waals surface area (Å²) < 4.78 is 0. The van der Waals surface area contributed by atoms with Gasteiger partial charge in [-0.1, -0.05) is 36.4 Å². The molecule has 0 heterocycles. The second-order valence-corrected chi connectivity index (χ2v) is 1.82. The highest BCUT2D eigenvalue weighted by Crippen LogP contribution is 1.98. The number of hydrogen-bond donors (Lipinski definition) is 0. The van der Waals surface area contributed by atoms with Gasteiger partial charge >= 0.3 is 0 Å². The summed E-state index contributed by atoms with van der Waals surface area (Å²) in [5.41, 5.74) is 1.14. The van der Waals surface area contributed by atoms with Crippen molar-refractivity contribution in [3.63, 3.8) is 0 Å². The smallest absolute Gasteiger partial charge is 0.0106 e. The summed E-state index contributed by atoms with van der Waals surface area (Å²) in [6.45, 7) is 2.00. The number of allylic oxidation sites excluding steroid dienone is 1. The molecule has 0 nitrogen and oxygen atoms in total. The molecule has 0 saturated heterocycles. The van der Waals surface area contributed by atoms with Crippen molar-refractivity contribution in [3.8, 4) is 0 Å². The van der Waals surface area contributed by atoms with E-state index in [0.29, 0.717) is 0 Å². The number of rotatable bonds is 1. The SMILES string of the molecule is C/C=C\c1[c]cccc1. The highest BCUT2D eigenvalue weighted by molar-refractivity contribution is 5.47. The van der Waals surface area contributed by atoms with E-state index in [2.05, 4.69) is 6.07 Å². The van der Waals surface area contributed by atoms with Gasteiger partial charge in [0.25, 0.3) is 0 Å². The van der Waals surface area contributed by atoms with Gasteiger partial charge in [-0.15, -0.1) is 0 Å². The molecular formula is C9H9. The van der Waals surface area contributed by atoms with Crippen LogP contribution in [0.15, 0.2) is 30.3 Å². The average molecular weight is 117 g/mol. The molecule has 0 aliphatic rings. The van der Waals surface area contributed by atoms with Gasteiger partial charge in [-0.3, -0.25) is 0 Å². The Morgan fingerprint density at radius 1 is 1.44 bits per heavy atom. The quantitative estimate of drug-likeness (QED) is 0.530. The standard InChI is InChI=1S/C9H9/c1-2-6-9-7-4-3-5-8-9/h2-7H,1H3/b6-2-. The molecule has 1 aromatic rings. The van der Waals surface area contributed by atoms with Crippen molar-refractivity contribution >= 4 is 6.08 Å². The second-order valence-electron chi connectivity index (χ2n) is 1.82. The monoisotopic (exact) mass is 117 g/mol. The minimum absolute atomic E-state index is 1.14. The third-order valence-corrected chi connectivity index (χ3v) is 1.08. The first-order valence-corrected chi connectivity index (χ1v) is 3.03. The number of benzene rings is 1. The summed E-state index contributed by atoms with van der Waals surface area (Å²) >= 11 is 0. The predicted octanol–water partition coefficient (Wildman–Crippen LogP) is 2.52. The van der Waals surface area contributed by atoms with Crippen LogP contribution >= 0.6 is 0 Å². The van der Waals surface area contributed by atoms with Gasteiger partial charge in [-0.25, -0.2) is 0 Å². The Labute approximate surface area is 55.8 Å². The molecule has 0 bridgehead atoms. The molecule has 1 aromatic carbocycles. The van der Waals surface area contributed by atoms with Crippen LogP contribution in [0.3, 0.4) is 0 Å². The van der Waals surface area contributed by atoms with Gasteiger partial charge in [-0.2, -0.15) is 0 Å². The Balaban J connectivity index is 2.85. The normalized spacial score (nSPS) is 10.3. The Kier molecular flexibility index (Phi) is 2.08. The van der Waals surface area contributed by atoms with E-state index < -0.39 is 0 Å². The molecule has 0 spiro atoms. The van der Waals surface area contributed by atoms with Crippen LogP contribution in [0.2, 0.25) is 0 Å². The van der Waals surface area contributed by atoms with E-state index >= 15 is 0 Å². The molecular weight excluding hydrogens is 108 g/mol. The molecule has 0 aliphatic heterocycles. The van der Waals surface area contributed by atoms with E-state index in [1.54, 1.807) is 0 Å². The first kappa shape index (κ1) is 6.09. The van der Waals surface area contributed by atoms with E-state index in [9.17, 15) is 0 Å². The maximum absolute atomic E-state index is 3.08. The molecule has 0 aliphatic carbocycles. The van der Waals surface area contributed by atoms with Crippen molar-refractivity contribution < 1.29 is 0 Å². The molecule has 0 aromatic heterocycles. The van der Waals surface area contributed by atoms with Gasteiger partial charge in [0.05, 0.1) is 0 Å². The van der Waals surface area contributed by atoms with Gasteiger partial charge in [0.1, 0.15) is 0 Å². The average Bonchev–Trinajstić information content (AvgIpc) is 1.91. The van der Waals surface area contributed by atoms with Crippen LogP contribution in [0, 0.1) is 6.07 Å². The fraction of sp³-hybridized carbons (Fsp3) is 0.111. The van der Waals surface area contributed by atoms with Crippen molar-refractivity contribution in [2.75, 3.05) is 0 Å². The minimum Gasteiger partial charge on any atom is -0.0870 e. The lowest BCUT2D eigenvalue weighted by Gasteiger charge is -1.86. The van der Waals surface area contributed by atoms with Gasteiger partial charge in [-0.05, 0) is 18.6 Å². The molecule has 0 unspecified atom stereocenters. The highest BCUT2D eigenvalue weighted by Gasteiger charge is 1.78. The predicted molar refractivity (Wildman–Crippen MR) is 40.0 cm³/mol. The van der Waals surface area contributed by atoms with Gasteiger partial charge in [0.15, 0.2) is 0 Å². The summed E-state index contributed by atoms with van der Waals surface area (Å²) in [5.74, 6) is 0. The molecule has 0 atom stereocenters. The van der Waals surface area contributed by atoms with E-state index in [1.807, 2.05) is 43.3 Å². The van der Waals surface area contributed by atoms with Gasteiger partial charge in [0.2, 0.25) is 0 Å². The molecule has 0 fully saturated rings. The van der Waals surface area contributed by atoms with Crippen LogP contribution in [0.25, 0.3) is 6.08 Å². The summed E-state index contributed by atoms with van der Waals surface area (Å²) in [6, 6.07) is 11.0. The Bertz CT molecular complexity index is 184. The van der Waals surface area contributed by atoms with Crippen LogP contribution in [-0.4, -0.2) is 0 Å². The van der Waals surface area contributed by atoms with Crippen LogP contribution in [0.4, 0.5) is 0 Å². The van der Waals surface area contributed by atoms with Gasteiger partial charge < -0.3 is 0 Å². The first-order valence-electron chi connectivity index (χ1n) is 3.03. The number of hydrogen-bond acceptors (Lipinski definition) is 0. The topological polar surface area (TPSA) is 0 Å². The Morgan fingerprint density at radius 2 is 2.33 bits per heavy atom. The first-order chi connectivity index (χ1) is 4.43. The lowest BCUT2D eigenvalue weighted by molar-refractivity contribution is 1.63. The lowest BCUT2D eigenvalue weighted by Crippen LogP contribution is -1.66. The van der Waals surface area contributed by atoms with Crippen molar-refractivity contribution in [2.45, 2.75) is 6.92 Å². The summed E-state index contributed by atoms with van der Waals surface area (Å²) in [5, 5.41) is 0. The van der Waals surface area contributed by atoms with E-state index in [0.717, 1.165) is 5.56 Å². The van der Waals surface area contributed by atoms with Crippen molar-refractivity contribution in [1.29, 1.82) is 0 Å². The zero-order valence-electron chi connectivity index (χ0n) is 5.46. The summed E-state index contributed by atoms with van der Waals surface area (Å²) in [4.78, 5) is 0. The van der Waals surface area contributed by atoms with E-state index in [4.69, 9.17) is 0 Å². The Hall–Kier alpha value is -1.04. The van der Waals surface area contributed by atoms with E-state index in [1.165, 1.54) is 0 Å². The molecule has 0 amide bonds. The molecule has 0 saturated carbocycles. The third-order valence-electron chi connectivity index (χ3n) is 1.08. The van der Waals surface area contributed by atoms with Crippen molar-refractivity contribution in [2.24, 2.45) is 0 Å². The molecule has 9 heavy (non-hydrogen) atoms. The second kappa shape index (κ2) is 3.08. The molecule has 0 heteroatoms. The van der Waals surface area contributed by atoms with Crippen LogP contribution in [0.1, 0.15) is 12.5 Å². The van der Waals surface area contributed by atoms with Crippen LogP contribution < -0.4 is 0 Å². The molecule has 1 rings (SSSR count). The summed E-state index contributed by atoms with van der Waals surface area (Å²) in [6.07, 6.45) is 4.03. The maximum atomic E-state index is 3.08. The molecule has 0 N–H and O–H groups in total. The van der Waals surface area contributed by atoms with Crippen molar-refractivity contribution in [3.05, 3.63) is 42.0 Å². The minimum atomic E-state index is 1.14. The highest BCUT2D eigenvalue weighted by atomic mass is 13.8. The largest absolute Gasteiger partial charge is 0.0870 e. The fourth-order valence-electron chi connectivity index (χ4n) is 0.690. The fourth-order valence-corrected chi connectivity index (χ4v) is 0.690. The zero-order chi connectivity index (χ0) is 6.53. The molecule has 1 radical (unpaired) electrons. The third kappa shape index (κ3) is 1.73. The summed E-state index contributed by atoms with van der Waals surface area (Å²) in [7, 11) is 0. The zero-order valence-corrected chi connectivity index (χ0v) is 5.46. The van der Waals surface area contributed by atoms with Crippen LogP contribution in [0.5, 0.6) is 0 Å². The Morgan fingerprint density at radius 3 is 2.89 bits per heavy atom.